The molecule has 0 atom stereocenters. The van der Waals surface area contributed by atoms with Crippen molar-refractivity contribution < 1.29 is 19.4 Å². The molecular weight excluding hydrogens is 401 g/mol. The molecule has 156 valence electrons. The summed E-state index contributed by atoms with van der Waals surface area (Å²) < 4.78 is 15.6. The summed E-state index contributed by atoms with van der Waals surface area (Å²) in [5, 5.41) is 32.6. The van der Waals surface area contributed by atoms with Crippen LogP contribution in [0.5, 0.6) is 11.5 Å². The molecule has 0 saturated carbocycles. The Bertz CT molecular complexity index is 1240. The van der Waals surface area contributed by atoms with Gasteiger partial charge in [-0.25, -0.2) is 9.07 Å². The number of amides is 1. The van der Waals surface area contributed by atoms with Crippen LogP contribution < -0.4 is 0 Å². The molecule has 4 rings (SSSR count). The van der Waals surface area contributed by atoms with Crippen molar-refractivity contribution in [2.24, 2.45) is 0 Å². The van der Waals surface area contributed by atoms with Crippen LogP contribution in [-0.2, 0) is 6.54 Å². The van der Waals surface area contributed by atoms with E-state index in [9.17, 15) is 19.4 Å². The average Bonchev–Trinajstić information content (AvgIpc) is 3.23. The summed E-state index contributed by atoms with van der Waals surface area (Å²) in [6.07, 6.45) is 2.98. The molecule has 9 heteroatoms. The first kappa shape index (κ1) is 20.0. The summed E-state index contributed by atoms with van der Waals surface area (Å²) in [5.41, 5.74) is 1.31. The fourth-order valence-electron chi connectivity index (χ4n) is 3.21. The minimum atomic E-state index is -0.495. The monoisotopic (exact) mass is 419 g/mol. The van der Waals surface area contributed by atoms with Gasteiger partial charge in [0, 0.05) is 24.9 Å². The van der Waals surface area contributed by atoms with Gasteiger partial charge in [0.15, 0.2) is 0 Å². The lowest BCUT2D eigenvalue weighted by Gasteiger charge is -2.18. The highest BCUT2D eigenvalue weighted by Gasteiger charge is 2.22. The molecule has 2 heterocycles. The van der Waals surface area contributed by atoms with Crippen molar-refractivity contribution >= 4 is 5.91 Å². The third-order valence-corrected chi connectivity index (χ3v) is 4.72. The molecule has 0 unspecified atom stereocenters. The summed E-state index contributed by atoms with van der Waals surface area (Å²) in [6.45, 7) is 0.176. The number of carbonyl (C=O) groups is 1. The van der Waals surface area contributed by atoms with E-state index in [4.69, 9.17) is 0 Å². The van der Waals surface area contributed by atoms with E-state index >= 15 is 0 Å². The van der Waals surface area contributed by atoms with Crippen LogP contribution >= 0.6 is 0 Å². The Morgan fingerprint density at radius 2 is 1.87 bits per heavy atom. The molecule has 0 spiro atoms. The Labute approximate surface area is 176 Å². The molecule has 31 heavy (non-hydrogen) atoms. The number of benzene rings is 2. The first-order valence-corrected chi connectivity index (χ1v) is 9.33. The van der Waals surface area contributed by atoms with Crippen molar-refractivity contribution in [2.45, 2.75) is 6.54 Å². The Morgan fingerprint density at radius 1 is 1.06 bits per heavy atom. The maximum Gasteiger partial charge on any atom is 0.257 e. The van der Waals surface area contributed by atoms with Crippen molar-refractivity contribution in [3.63, 3.8) is 0 Å². The molecule has 8 nitrogen and oxygen atoms in total. The molecule has 2 aromatic carbocycles. The van der Waals surface area contributed by atoms with Crippen molar-refractivity contribution in [1.82, 2.24) is 24.9 Å². The van der Waals surface area contributed by atoms with Gasteiger partial charge >= 0.3 is 0 Å². The first-order chi connectivity index (χ1) is 15.0. The van der Waals surface area contributed by atoms with Crippen LogP contribution in [0.4, 0.5) is 4.39 Å². The van der Waals surface area contributed by atoms with E-state index in [-0.39, 0.29) is 34.9 Å². The van der Waals surface area contributed by atoms with E-state index in [0.29, 0.717) is 11.4 Å². The molecule has 0 saturated heterocycles. The molecule has 0 bridgehead atoms. The zero-order chi connectivity index (χ0) is 22.0. The van der Waals surface area contributed by atoms with Gasteiger partial charge in [0.05, 0.1) is 29.7 Å². The predicted octanol–water partition coefficient (Wildman–Crippen LogP) is 3.15. The lowest BCUT2D eigenvalue weighted by Crippen LogP contribution is -2.26. The van der Waals surface area contributed by atoms with E-state index in [0.717, 1.165) is 6.07 Å². The Hall–Kier alpha value is -4.27. The molecule has 2 N–H and O–H groups in total. The van der Waals surface area contributed by atoms with Gasteiger partial charge < -0.3 is 15.1 Å². The Balaban J connectivity index is 1.72. The zero-order valence-electron chi connectivity index (χ0n) is 16.5. The number of hydrogen-bond donors (Lipinski definition) is 2. The Kier molecular flexibility index (Phi) is 5.31. The predicted molar refractivity (Wildman–Crippen MR) is 110 cm³/mol. The second kappa shape index (κ2) is 8.23. The van der Waals surface area contributed by atoms with Crippen LogP contribution in [-0.4, -0.2) is 48.0 Å². The second-order valence-corrected chi connectivity index (χ2v) is 6.84. The third kappa shape index (κ3) is 3.93. The van der Waals surface area contributed by atoms with E-state index in [2.05, 4.69) is 15.3 Å². The van der Waals surface area contributed by atoms with Crippen LogP contribution in [0.25, 0.3) is 16.9 Å². The van der Waals surface area contributed by atoms with E-state index in [1.54, 1.807) is 43.4 Å². The van der Waals surface area contributed by atoms with Gasteiger partial charge in [-0.1, -0.05) is 12.1 Å². The molecule has 4 aromatic rings. The number of aromatic hydroxyl groups is 2. The largest absolute Gasteiger partial charge is 0.507 e. The minimum Gasteiger partial charge on any atom is -0.507 e. The van der Waals surface area contributed by atoms with Gasteiger partial charge in [-0.2, -0.15) is 15.3 Å². The van der Waals surface area contributed by atoms with Crippen LogP contribution in [0.2, 0.25) is 0 Å². The molecule has 0 radical (unpaired) electrons. The SMILES string of the molecule is CN(Cc1cccnn1)C(=O)c1cc(-c2ccnn2-c2ccccc2F)c(O)cc1O. The topological polar surface area (TPSA) is 104 Å². The molecule has 0 fully saturated rings. The summed E-state index contributed by atoms with van der Waals surface area (Å²) >= 11 is 0. The number of hydrogen-bond acceptors (Lipinski definition) is 6. The van der Waals surface area contributed by atoms with E-state index in [1.165, 1.54) is 34.1 Å². The number of para-hydroxylation sites is 1. The molecule has 2 aromatic heterocycles. The zero-order valence-corrected chi connectivity index (χ0v) is 16.5. The van der Waals surface area contributed by atoms with Crippen molar-refractivity contribution in [3.05, 3.63) is 84.1 Å². The van der Waals surface area contributed by atoms with Gasteiger partial charge in [-0.05, 0) is 36.4 Å². The van der Waals surface area contributed by atoms with Crippen LogP contribution in [0.1, 0.15) is 16.1 Å². The molecular formula is C22H18FN5O3. The number of phenolic OH excluding ortho intramolecular Hbond substituents is 2. The van der Waals surface area contributed by atoms with Crippen molar-refractivity contribution in [2.75, 3.05) is 7.05 Å². The van der Waals surface area contributed by atoms with Crippen molar-refractivity contribution in [1.29, 1.82) is 0 Å². The molecule has 1 amide bonds. The minimum absolute atomic E-state index is 0.0273. The number of phenols is 2. The van der Waals surface area contributed by atoms with Crippen molar-refractivity contribution in [3.8, 4) is 28.4 Å². The fraction of sp³-hybridized carbons (Fsp3) is 0.0909. The highest BCUT2D eigenvalue weighted by atomic mass is 19.1. The van der Waals surface area contributed by atoms with Crippen LogP contribution in [0.15, 0.2) is 67.0 Å². The molecule has 0 aliphatic carbocycles. The standard InChI is InChI=1S/C22H18FN5O3/c1-27(13-14-5-4-9-24-26-14)22(31)16-11-15(20(29)12-21(16)30)18-8-10-25-28(18)19-7-3-2-6-17(19)23/h2-12,29-30H,13H2,1H3. The summed E-state index contributed by atoms with van der Waals surface area (Å²) in [4.78, 5) is 14.3. The van der Waals surface area contributed by atoms with E-state index in [1.807, 2.05) is 0 Å². The lowest BCUT2D eigenvalue weighted by molar-refractivity contribution is 0.0780. The van der Waals surface area contributed by atoms with Gasteiger partial charge in [0.1, 0.15) is 23.0 Å². The number of carbonyl (C=O) groups excluding carboxylic acids is 1. The number of halogens is 1. The first-order valence-electron chi connectivity index (χ1n) is 9.33. The van der Waals surface area contributed by atoms with Gasteiger partial charge in [-0.15, -0.1) is 0 Å². The van der Waals surface area contributed by atoms with Gasteiger partial charge in [0.25, 0.3) is 5.91 Å². The third-order valence-electron chi connectivity index (χ3n) is 4.72. The van der Waals surface area contributed by atoms with Crippen LogP contribution in [0.3, 0.4) is 0 Å². The van der Waals surface area contributed by atoms with Gasteiger partial charge in [0.2, 0.25) is 0 Å². The average molecular weight is 419 g/mol. The van der Waals surface area contributed by atoms with Crippen LogP contribution in [0, 0.1) is 5.82 Å². The smallest absolute Gasteiger partial charge is 0.257 e. The lowest BCUT2D eigenvalue weighted by atomic mass is 10.0. The quantitative estimate of drug-likeness (QED) is 0.515. The van der Waals surface area contributed by atoms with Gasteiger partial charge in [-0.3, -0.25) is 4.79 Å². The Morgan fingerprint density at radius 3 is 2.61 bits per heavy atom. The molecule has 0 aliphatic heterocycles. The maximum absolute atomic E-state index is 14.3. The summed E-state index contributed by atoms with van der Waals surface area (Å²) in [6, 6.07) is 13.5. The highest BCUT2D eigenvalue weighted by molar-refractivity contribution is 5.98. The number of aromatic nitrogens is 4. The maximum atomic E-state index is 14.3. The second-order valence-electron chi connectivity index (χ2n) is 6.84. The number of nitrogens with zero attached hydrogens (tertiary/aromatic N) is 5. The normalized spacial score (nSPS) is 10.8. The van der Waals surface area contributed by atoms with E-state index < -0.39 is 11.7 Å². The summed E-state index contributed by atoms with van der Waals surface area (Å²) in [7, 11) is 1.56. The summed E-state index contributed by atoms with van der Waals surface area (Å²) in [5.74, 6) is -1.63. The number of rotatable bonds is 5. The highest BCUT2D eigenvalue weighted by Crippen LogP contribution is 2.36. The molecule has 0 aliphatic rings. The fourth-order valence-corrected chi connectivity index (χ4v) is 3.21.